The number of amides is 1. The Labute approximate surface area is 157 Å². The lowest BCUT2D eigenvalue weighted by atomic mass is 10.0. The van der Waals surface area contributed by atoms with Crippen LogP contribution in [0.5, 0.6) is 5.75 Å². The number of carbonyl (C=O) groups is 1. The van der Waals surface area contributed by atoms with E-state index >= 15 is 0 Å². The normalized spacial score (nSPS) is 15.6. The third-order valence-corrected chi connectivity index (χ3v) is 4.75. The van der Waals surface area contributed by atoms with Crippen molar-refractivity contribution in [3.8, 4) is 5.75 Å². The second kappa shape index (κ2) is 9.01. The zero-order valence-electron chi connectivity index (χ0n) is 14.5. The first-order chi connectivity index (χ1) is 12.6. The Kier molecular flexibility index (Phi) is 6.47. The van der Waals surface area contributed by atoms with Crippen LogP contribution in [-0.4, -0.2) is 43.1 Å². The highest BCUT2D eigenvalue weighted by Crippen LogP contribution is 2.16. The molecule has 26 heavy (non-hydrogen) atoms. The largest absolute Gasteiger partial charge is 0.492 e. The van der Waals surface area contributed by atoms with Crippen LogP contribution in [0.4, 0.5) is 4.39 Å². The van der Waals surface area contributed by atoms with Crippen LogP contribution in [0.3, 0.4) is 0 Å². The smallest absolute Gasteiger partial charge is 0.251 e. The van der Waals surface area contributed by atoms with E-state index in [-0.39, 0.29) is 11.9 Å². The fourth-order valence-corrected chi connectivity index (χ4v) is 3.15. The molecule has 0 saturated carbocycles. The monoisotopic (exact) mass is 376 g/mol. The zero-order valence-corrected chi connectivity index (χ0v) is 15.2. The van der Waals surface area contributed by atoms with Gasteiger partial charge in [0, 0.05) is 36.3 Å². The SMILES string of the molecule is O=C(NC1CCN(CCOc2ccc(Cl)cc2)CC1)c1cccc(F)c1. The Bertz CT molecular complexity index is 731. The van der Waals surface area contributed by atoms with Gasteiger partial charge >= 0.3 is 0 Å². The van der Waals surface area contributed by atoms with Gasteiger partial charge in [-0.2, -0.15) is 0 Å². The fourth-order valence-electron chi connectivity index (χ4n) is 3.02. The molecular weight excluding hydrogens is 355 g/mol. The number of halogens is 2. The van der Waals surface area contributed by atoms with Crippen molar-refractivity contribution in [2.75, 3.05) is 26.2 Å². The van der Waals surface area contributed by atoms with Crippen molar-refractivity contribution >= 4 is 17.5 Å². The third kappa shape index (κ3) is 5.44. The van der Waals surface area contributed by atoms with E-state index in [1.165, 1.54) is 12.1 Å². The third-order valence-electron chi connectivity index (χ3n) is 4.50. The predicted molar refractivity (Wildman–Crippen MR) is 100 cm³/mol. The minimum atomic E-state index is -0.395. The van der Waals surface area contributed by atoms with Crippen molar-refractivity contribution in [3.05, 3.63) is 64.9 Å². The predicted octanol–water partition coefficient (Wildman–Crippen LogP) is 3.75. The quantitative estimate of drug-likeness (QED) is 0.834. The van der Waals surface area contributed by atoms with Gasteiger partial charge in [0.1, 0.15) is 18.2 Å². The van der Waals surface area contributed by atoms with Crippen molar-refractivity contribution in [3.63, 3.8) is 0 Å². The molecule has 0 radical (unpaired) electrons. The Hall–Kier alpha value is -2.11. The minimum Gasteiger partial charge on any atom is -0.492 e. The molecule has 3 rings (SSSR count). The summed E-state index contributed by atoms with van der Waals surface area (Å²) >= 11 is 5.85. The van der Waals surface area contributed by atoms with Gasteiger partial charge in [0.15, 0.2) is 0 Å². The minimum absolute atomic E-state index is 0.124. The van der Waals surface area contributed by atoms with Gasteiger partial charge in [-0.25, -0.2) is 4.39 Å². The lowest BCUT2D eigenvalue weighted by molar-refractivity contribution is 0.0905. The number of likely N-dealkylation sites (tertiary alicyclic amines) is 1. The van der Waals surface area contributed by atoms with E-state index in [1.807, 2.05) is 24.3 Å². The summed E-state index contributed by atoms with van der Waals surface area (Å²) in [6, 6.07) is 13.2. The molecule has 0 aromatic heterocycles. The maximum atomic E-state index is 13.2. The highest BCUT2D eigenvalue weighted by atomic mass is 35.5. The van der Waals surface area contributed by atoms with E-state index in [9.17, 15) is 9.18 Å². The van der Waals surface area contributed by atoms with Crippen LogP contribution >= 0.6 is 11.6 Å². The van der Waals surface area contributed by atoms with Crippen LogP contribution < -0.4 is 10.1 Å². The highest BCUT2D eigenvalue weighted by molar-refractivity contribution is 6.30. The first-order valence-corrected chi connectivity index (χ1v) is 9.15. The summed E-state index contributed by atoms with van der Waals surface area (Å²) in [5.74, 6) is 0.203. The van der Waals surface area contributed by atoms with Crippen LogP contribution in [0.25, 0.3) is 0 Å². The number of hydrogen-bond acceptors (Lipinski definition) is 3. The molecule has 1 fully saturated rings. The van der Waals surface area contributed by atoms with Crippen molar-refractivity contribution in [2.24, 2.45) is 0 Å². The number of piperidine rings is 1. The summed E-state index contributed by atoms with van der Waals surface area (Å²) in [4.78, 5) is 14.5. The molecule has 0 unspecified atom stereocenters. The van der Waals surface area contributed by atoms with E-state index < -0.39 is 5.82 Å². The maximum Gasteiger partial charge on any atom is 0.251 e. The van der Waals surface area contributed by atoms with Crippen LogP contribution in [-0.2, 0) is 0 Å². The molecule has 2 aromatic rings. The average Bonchev–Trinajstić information content (AvgIpc) is 2.65. The second-order valence-electron chi connectivity index (χ2n) is 6.40. The number of nitrogens with one attached hydrogen (secondary N) is 1. The van der Waals surface area contributed by atoms with E-state index in [0.29, 0.717) is 17.2 Å². The van der Waals surface area contributed by atoms with Gasteiger partial charge in [-0.15, -0.1) is 0 Å². The number of benzene rings is 2. The molecule has 1 aliphatic heterocycles. The summed E-state index contributed by atoms with van der Waals surface area (Å²) in [5, 5.41) is 3.69. The van der Waals surface area contributed by atoms with Gasteiger partial charge in [-0.3, -0.25) is 9.69 Å². The second-order valence-corrected chi connectivity index (χ2v) is 6.84. The molecule has 1 aliphatic rings. The van der Waals surface area contributed by atoms with Crippen LogP contribution in [0.15, 0.2) is 48.5 Å². The van der Waals surface area contributed by atoms with Crippen LogP contribution in [0.2, 0.25) is 5.02 Å². The molecular formula is C20H22ClFN2O2. The fraction of sp³-hybridized carbons (Fsp3) is 0.350. The first-order valence-electron chi connectivity index (χ1n) is 8.77. The number of ether oxygens (including phenoxy) is 1. The highest BCUT2D eigenvalue weighted by Gasteiger charge is 2.21. The molecule has 0 aliphatic carbocycles. The Morgan fingerprint density at radius 3 is 2.62 bits per heavy atom. The van der Waals surface area contributed by atoms with E-state index in [4.69, 9.17) is 16.3 Å². The summed E-state index contributed by atoms with van der Waals surface area (Å²) in [6.45, 7) is 3.26. The zero-order chi connectivity index (χ0) is 18.4. The molecule has 0 spiro atoms. The van der Waals surface area contributed by atoms with Gasteiger partial charge < -0.3 is 10.1 Å². The number of carbonyl (C=O) groups excluding carboxylic acids is 1. The molecule has 6 heteroatoms. The van der Waals surface area contributed by atoms with Crippen molar-refractivity contribution in [1.82, 2.24) is 10.2 Å². The molecule has 1 heterocycles. The Morgan fingerprint density at radius 1 is 1.19 bits per heavy atom. The van der Waals surface area contributed by atoms with Crippen molar-refractivity contribution in [2.45, 2.75) is 18.9 Å². The molecule has 2 aromatic carbocycles. The lowest BCUT2D eigenvalue weighted by Gasteiger charge is -2.32. The topological polar surface area (TPSA) is 41.6 Å². The standard InChI is InChI=1S/C20H22ClFN2O2/c21-16-4-6-19(7-5-16)26-13-12-24-10-8-18(9-11-24)23-20(25)15-2-1-3-17(22)14-15/h1-7,14,18H,8-13H2,(H,23,25). The molecule has 4 nitrogen and oxygen atoms in total. The number of nitrogens with zero attached hydrogens (tertiary/aromatic N) is 1. The number of rotatable bonds is 6. The molecule has 1 N–H and O–H groups in total. The molecule has 138 valence electrons. The molecule has 1 saturated heterocycles. The van der Waals surface area contributed by atoms with Gasteiger partial charge in [0.2, 0.25) is 0 Å². The summed E-state index contributed by atoms with van der Waals surface area (Å²) in [5.41, 5.74) is 0.365. The Balaban J connectivity index is 1.37. The van der Waals surface area contributed by atoms with Gasteiger partial charge in [0.05, 0.1) is 0 Å². The Morgan fingerprint density at radius 2 is 1.92 bits per heavy atom. The maximum absolute atomic E-state index is 13.2. The first kappa shape index (κ1) is 18.7. The van der Waals surface area contributed by atoms with Crippen LogP contribution in [0, 0.1) is 5.82 Å². The molecule has 0 bridgehead atoms. The molecule has 1 amide bonds. The van der Waals surface area contributed by atoms with E-state index in [0.717, 1.165) is 38.2 Å². The van der Waals surface area contributed by atoms with Gasteiger partial charge in [0.25, 0.3) is 5.91 Å². The average molecular weight is 377 g/mol. The van der Waals surface area contributed by atoms with Crippen molar-refractivity contribution < 1.29 is 13.9 Å². The summed E-state index contributed by atoms with van der Waals surface area (Å²) in [6.07, 6.45) is 1.75. The van der Waals surface area contributed by atoms with E-state index in [2.05, 4.69) is 10.2 Å². The lowest BCUT2D eigenvalue weighted by Crippen LogP contribution is -2.45. The summed E-state index contributed by atoms with van der Waals surface area (Å²) < 4.78 is 18.9. The van der Waals surface area contributed by atoms with Gasteiger partial charge in [-0.05, 0) is 55.3 Å². The van der Waals surface area contributed by atoms with Crippen LogP contribution in [0.1, 0.15) is 23.2 Å². The van der Waals surface area contributed by atoms with Gasteiger partial charge in [-0.1, -0.05) is 17.7 Å². The van der Waals surface area contributed by atoms with Crippen molar-refractivity contribution in [1.29, 1.82) is 0 Å². The number of hydrogen-bond donors (Lipinski definition) is 1. The molecule has 0 atom stereocenters. The summed E-state index contributed by atoms with van der Waals surface area (Å²) in [7, 11) is 0. The van der Waals surface area contributed by atoms with E-state index in [1.54, 1.807) is 12.1 Å².